The molecule has 2 aromatic rings. The van der Waals surface area contributed by atoms with Crippen molar-refractivity contribution < 1.29 is 13.6 Å². The number of benzene rings is 2. The van der Waals surface area contributed by atoms with Gasteiger partial charge in [0, 0.05) is 30.7 Å². The maximum absolute atomic E-state index is 13.3. The largest absolute Gasteiger partial charge is 0.372 e. The normalized spacial score (nSPS) is 18.1. The zero-order valence-corrected chi connectivity index (χ0v) is 16.7. The average Bonchev–Trinajstić information content (AvgIpc) is 3.50. The maximum Gasteiger partial charge on any atom is 0.254 e. The molecule has 1 aliphatic rings. The van der Waals surface area contributed by atoms with Crippen molar-refractivity contribution in [3.05, 3.63) is 65.2 Å². The molecule has 7 heteroatoms. The molecule has 1 fully saturated rings. The van der Waals surface area contributed by atoms with Crippen LogP contribution in [0.2, 0.25) is 0 Å². The number of hydrogen-bond donors (Lipinski definition) is 2. The molecule has 0 radical (unpaired) electrons. The number of carbonyl (C=O) groups excluding carboxylic acids is 1. The number of anilines is 1. The smallest absolute Gasteiger partial charge is 0.254 e. The summed E-state index contributed by atoms with van der Waals surface area (Å²) in [6.45, 7) is 6.24. The third-order valence-electron chi connectivity index (χ3n) is 5.11. The van der Waals surface area contributed by atoms with Crippen LogP contribution in [0.1, 0.15) is 37.3 Å². The summed E-state index contributed by atoms with van der Waals surface area (Å²) in [5, 5.41) is 7.10. The van der Waals surface area contributed by atoms with E-state index in [1.54, 1.807) is 12.3 Å². The SMILES string of the molecule is CCN(CC)c1ccc(/C=N/NC(=O)CN[C@@H]2C[C@H]2c2ccc(F)c(F)c2)cc1. The van der Waals surface area contributed by atoms with E-state index in [0.717, 1.165) is 42.4 Å². The van der Waals surface area contributed by atoms with Gasteiger partial charge in [-0.3, -0.25) is 4.79 Å². The summed E-state index contributed by atoms with van der Waals surface area (Å²) in [5.74, 6) is -1.84. The van der Waals surface area contributed by atoms with Gasteiger partial charge in [-0.1, -0.05) is 18.2 Å². The van der Waals surface area contributed by atoms with Gasteiger partial charge in [-0.2, -0.15) is 5.10 Å². The highest BCUT2D eigenvalue weighted by Crippen LogP contribution is 2.40. The highest BCUT2D eigenvalue weighted by atomic mass is 19.2. The Morgan fingerprint density at radius 3 is 2.52 bits per heavy atom. The minimum Gasteiger partial charge on any atom is -0.372 e. The topological polar surface area (TPSA) is 56.7 Å². The standard InChI is InChI=1S/C22H26F2N4O/c1-3-28(4-2)17-8-5-15(6-9-17)13-26-27-22(29)14-25-21-12-18(21)16-7-10-19(23)20(24)11-16/h5-11,13,18,21,25H,3-4,12,14H2,1-2H3,(H,27,29)/b26-13+/t18-,21+/m0/s1. The van der Waals surface area contributed by atoms with E-state index in [2.05, 4.69) is 34.6 Å². The first kappa shape index (κ1) is 20.9. The molecule has 154 valence electrons. The molecular weight excluding hydrogens is 374 g/mol. The van der Waals surface area contributed by atoms with E-state index in [4.69, 9.17) is 0 Å². The Morgan fingerprint density at radius 1 is 1.14 bits per heavy atom. The van der Waals surface area contributed by atoms with Gasteiger partial charge in [-0.05, 0) is 55.7 Å². The van der Waals surface area contributed by atoms with Crippen molar-refractivity contribution in [2.24, 2.45) is 5.10 Å². The lowest BCUT2D eigenvalue weighted by atomic mass is 10.1. The number of halogens is 2. The number of hydrazone groups is 1. The second kappa shape index (κ2) is 9.60. The van der Waals surface area contributed by atoms with Gasteiger partial charge in [0.05, 0.1) is 12.8 Å². The molecule has 0 bridgehead atoms. The lowest BCUT2D eigenvalue weighted by Crippen LogP contribution is -2.32. The Labute approximate surface area is 169 Å². The molecule has 0 heterocycles. The monoisotopic (exact) mass is 400 g/mol. The number of nitrogens with one attached hydrogen (secondary N) is 2. The van der Waals surface area contributed by atoms with E-state index in [1.807, 2.05) is 24.3 Å². The second-order valence-corrected chi connectivity index (χ2v) is 7.06. The van der Waals surface area contributed by atoms with Gasteiger partial charge in [0.15, 0.2) is 11.6 Å². The minimum atomic E-state index is -0.848. The first-order valence-electron chi connectivity index (χ1n) is 9.87. The molecular formula is C22H26F2N4O. The van der Waals surface area contributed by atoms with E-state index in [1.165, 1.54) is 6.07 Å². The van der Waals surface area contributed by atoms with Crippen LogP contribution in [0.15, 0.2) is 47.6 Å². The summed E-state index contributed by atoms with van der Waals surface area (Å²) in [6, 6.07) is 12.0. The van der Waals surface area contributed by atoms with Crippen LogP contribution < -0.4 is 15.6 Å². The van der Waals surface area contributed by atoms with Crippen molar-refractivity contribution in [1.82, 2.24) is 10.7 Å². The van der Waals surface area contributed by atoms with Crippen LogP contribution in [-0.2, 0) is 4.79 Å². The minimum absolute atomic E-state index is 0.0854. The molecule has 3 rings (SSSR count). The Morgan fingerprint density at radius 2 is 1.86 bits per heavy atom. The molecule has 29 heavy (non-hydrogen) atoms. The first-order valence-corrected chi connectivity index (χ1v) is 9.87. The van der Waals surface area contributed by atoms with E-state index >= 15 is 0 Å². The van der Waals surface area contributed by atoms with E-state index in [0.29, 0.717) is 0 Å². The molecule has 1 amide bonds. The summed E-state index contributed by atoms with van der Waals surface area (Å²) in [6.07, 6.45) is 2.39. The Kier molecular flexibility index (Phi) is 6.93. The van der Waals surface area contributed by atoms with Crippen molar-refractivity contribution in [1.29, 1.82) is 0 Å². The summed E-state index contributed by atoms with van der Waals surface area (Å²) >= 11 is 0. The third kappa shape index (κ3) is 5.60. The number of hydrogen-bond acceptors (Lipinski definition) is 4. The van der Waals surface area contributed by atoms with Crippen LogP contribution in [0.3, 0.4) is 0 Å². The average molecular weight is 400 g/mol. The fourth-order valence-electron chi connectivity index (χ4n) is 3.33. The van der Waals surface area contributed by atoms with E-state index in [-0.39, 0.29) is 24.4 Å². The molecule has 2 atom stereocenters. The Hall–Kier alpha value is -2.80. The molecule has 0 aromatic heterocycles. The van der Waals surface area contributed by atoms with Gasteiger partial charge < -0.3 is 10.2 Å². The zero-order chi connectivity index (χ0) is 20.8. The van der Waals surface area contributed by atoms with E-state index < -0.39 is 11.6 Å². The van der Waals surface area contributed by atoms with Crippen molar-refractivity contribution in [2.75, 3.05) is 24.5 Å². The predicted molar refractivity (Wildman–Crippen MR) is 111 cm³/mol. The maximum atomic E-state index is 13.3. The summed E-state index contributed by atoms with van der Waals surface area (Å²) in [7, 11) is 0. The molecule has 2 aromatic carbocycles. The van der Waals surface area contributed by atoms with Gasteiger partial charge in [-0.15, -0.1) is 0 Å². The zero-order valence-electron chi connectivity index (χ0n) is 16.7. The molecule has 2 N–H and O–H groups in total. The van der Waals surface area contributed by atoms with Gasteiger partial charge in [0.2, 0.25) is 0 Å². The second-order valence-electron chi connectivity index (χ2n) is 7.06. The summed E-state index contributed by atoms with van der Waals surface area (Å²) in [4.78, 5) is 14.2. The lowest BCUT2D eigenvalue weighted by molar-refractivity contribution is -0.120. The Balaban J connectivity index is 1.41. The number of carbonyl (C=O) groups is 1. The molecule has 0 aliphatic heterocycles. The molecule has 0 saturated heterocycles. The van der Waals surface area contributed by atoms with Crippen molar-refractivity contribution in [3.63, 3.8) is 0 Å². The van der Waals surface area contributed by atoms with Crippen LogP contribution in [0, 0.1) is 11.6 Å². The fourth-order valence-corrected chi connectivity index (χ4v) is 3.33. The van der Waals surface area contributed by atoms with Crippen molar-refractivity contribution in [2.45, 2.75) is 32.2 Å². The van der Waals surface area contributed by atoms with Gasteiger partial charge in [0.25, 0.3) is 5.91 Å². The highest BCUT2D eigenvalue weighted by molar-refractivity contribution is 5.83. The first-order chi connectivity index (χ1) is 14.0. The molecule has 5 nitrogen and oxygen atoms in total. The highest BCUT2D eigenvalue weighted by Gasteiger charge is 2.38. The van der Waals surface area contributed by atoms with Crippen LogP contribution in [0.25, 0.3) is 0 Å². The van der Waals surface area contributed by atoms with Crippen LogP contribution >= 0.6 is 0 Å². The van der Waals surface area contributed by atoms with E-state index in [9.17, 15) is 13.6 Å². The fraction of sp³-hybridized carbons (Fsp3) is 0.364. The van der Waals surface area contributed by atoms with Crippen LogP contribution in [0.5, 0.6) is 0 Å². The number of nitrogens with zero attached hydrogens (tertiary/aromatic N) is 2. The third-order valence-corrected chi connectivity index (χ3v) is 5.11. The van der Waals surface area contributed by atoms with Crippen molar-refractivity contribution >= 4 is 17.8 Å². The van der Waals surface area contributed by atoms with Gasteiger partial charge in [0.1, 0.15) is 0 Å². The van der Waals surface area contributed by atoms with Gasteiger partial charge in [-0.25, -0.2) is 14.2 Å². The summed E-state index contributed by atoms with van der Waals surface area (Å²) < 4.78 is 26.3. The summed E-state index contributed by atoms with van der Waals surface area (Å²) in [5.41, 5.74) is 5.29. The molecule has 1 saturated carbocycles. The molecule has 0 unspecified atom stereocenters. The number of amides is 1. The molecule has 0 spiro atoms. The predicted octanol–water partition coefficient (Wildman–Crippen LogP) is 3.41. The number of rotatable bonds is 9. The quantitative estimate of drug-likeness (QED) is 0.501. The van der Waals surface area contributed by atoms with Crippen LogP contribution in [0.4, 0.5) is 14.5 Å². The lowest BCUT2D eigenvalue weighted by Gasteiger charge is -2.20. The Bertz CT molecular complexity index is 866. The van der Waals surface area contributed by atoms with Crippen LogP contribution in [-0.4, -0.2) is 37.8 Å². The van der Waals surface area contributed by atoms with Crippen molar-refractivity contribution in [3.8, 4) is 0 Å². The molecule has 1 aliphatic carbocycles. The van der Waals surface area contributed by atoms with Gasteiger partial charge >= 0.3 is 0 Å².